The van der Waals surface area contributed by atoms with E-state index in [1.165, 1.54) is 29.4 Å². The molecule has 0 bridgehead atoms. The molecule has 0 atom stereocenters. The number of Topliss-reactive ketones (excluding diaryl/α,β-unsaturated/α-hetero) is 1. The second-order valence-electron chi connectivity index (χ2n) is 4.08. The highest BCUT2D eigenvalue weighted by atomic mass is 32.2. The van der Waals surface area contributed by atoms with E-state index in [1.54, 1.807) is 0 Å². The van der Waals surface area contributed by atoms with Crippen LogP contribution >= 0.6 is 11.8 Å². The van der Waals surface area contributed by atoms with Gasteiger partial charge >= 0.3 is 6.18 Å². The molecule has 0 saturated heterocycles. The maximum atomic E-state index is 12.9. The van der Waals surface area contributed by atoms with Crippen molar-refractivity contribution in [3.05, 3.63) is 23.8 Å². The molecule has 0 aromatic carbocycles. The highest BCUT2D eigenvalue weighted by Gasteiger charge is 2.36. The Morgan fingerprint density at radius 2 is 2.15 bits per heavy atom. The molecule has 0 radical (unpaired) electrons. The lowest BCUT2D eigenvalue weighted by Gasteiger charge is -2.08. The molecule has 0 spiro atoms. The number of hydrogen-bond donors (Lipinski definition) is 0. The standard InChI is InChI=1S/C12H12F3N3OS/c1-3-20-6-8(19)11-17-7-4-5-16-10(12(13,14)15)9(7)18(11)2/h4-5H,3,6H2,1-2H3. The molecular weight excluding hydrogens is 291 g/mol. The molecule has 0 aliphatic heterocycles. The average Bonchev–Trinajstić information content (AvgIpc) is 2.72. The van der Waals surface area contributed by atoms with Gasteiger partial charge in [-0.3, -0.25) is 4.79 Å². The predicted molar refractivity (Wildman–Crippen MR) is 70.8 cm³/mol. The SMILES string of the molecule is CCSCC(=O)c1nc2ccnc(C(F)(F)F)c2n1C. The Kier molecular flexibility index (Phi) is 4.03. The van der Waals surface area contributed by atoms with Crippen molar-refractivity contribution in [3.63, 3.8) is 0 Å². The van der Waals surface area contributed by atoms with Gasteiger partial charge in [-0.15, -0.1) is 0 Å². The van der Waals surface area contributed by atoms with Crippen LogP contribution in [0.1, 0.15) is 23.2 Å². The Labute approximate surface area is 117 Å². The summed E-state index contributed by atoms with van der Waals surface area (Å²) in [6, 6.07) is 1.37. The van der Waals surface area contributed by atoms with Gasteiger partial charge in [0.2, 0.25) is 5.78 Å². The molecule has 0 aliphatic carbocycles. The number of carbonyl (C=O) groups is 1. The van der Waals surface area contributed by atoms with E-state index < -0.39 is 11.9 Å². The molecule has 108 valence electrons. The van der Waals surface area contributed by atoms with Crippen molar-refractivity contribution in [2.45, 2.75) is 13.1 Å². The van der Waals surface area contributed by atoms with Crippen molar-refractivity contribution in [3.8, 4) is 0 Å². The number of aryl methyl sites for hydroxylation is 1. The average molecular weight is 303 g/mol. The Bertz CT molecular complexity index is 651. The number of rotatable bonds is 4. The second-order valence-corrected chi connectivity index (χ2v) is 5.35. The molecule has 8 heteroatoms. The number of halogens is 3. The molecule has 0 aliphatic rings. The van der Waals surface area contributed by atoms with Crippen molar-refractivity contribution in [1.82, 2.24) is 14.5 Å². The highest BCUT2D eigenvalue weighted by Crippen LogP contribution is 2.33. The fourth-order valence-corrected chi connectivity index (χ4v) is 2.39. The number of nitrogens with zero attached hydrogens (tertiary/aromatic N) is 3. The number of carbonyl (C=O) groups excluding carboxylic acids is 1. The lowest BCUT2D eigenvalue weighted by atomic mass is 10.3. The third-order valence-electron chi connectivity index (χ3n) is 2.74. The quantitative estimate of drug-likeness (QED) is 0.815. The van der Waals surface area contributed by atoms with E-state index in [9.17, 15) is 18.0 Å². The highest BCUT2D eigenvalue weighted by molar-refractivity contribution is 7.99. The Morgan fingerprint density at radius 1 is 1.45 bits per heavy atom. The van der Waals surface area contributed by atoms with Crippen molar-refractivity contribution in [1.29, 1.82) is 0 Å². The van der Waals surface area contributed by atoms with E-state index >= 15 is 0 Å². The van der Waals surface area contributed by atoms with Crippen LogP contribution in [-0.4, -0.2) is 31.8 Å². The number of thioether (sulfide) groups is 1. The lowest BCUT2D eigenvalue weighted by molar-refractivity contribution is -0.140. The summed E-state index contributed by atoms with van der Waals surface area (Å²) in [5, 5.41) is 0. The van der Waals surface area contributed by atoms with Gasteiger partial charge in [-0.25, -0.2) is 9.97 Å². The van der Waals surface area contributed by atoms with E-state index in [-0.39, 0.29) is 28.4 Å². The van der Waals surface area contributed by atoms with Crippen LogP contribution < -0.4 is 0 Å². The third-order valence-corrected chi connectivity index (χ3v) is 3.61. The number of alkyl halides is 3. The molecule has 2 heterocycles. The van der Waals surface area contributed by atoms with Crippen LogP contribution in [-0.2, 0) is 13.2 Å². The van der Waals surface area contributed by atoms with Gasteiger partial charge in [0, 0.05) is 13.2 Å². The number of fused-ring (bicyclic) bond motifs is 1. The molecular formula is C12H12F3N3OS. The van der Waals surface area contributed by atoms with Crippen molar-refractivity contribution in [2.24, 2.45) is 7.05 Å². The van der Waals surface area contributed by atoms with Crippen molar-refractivity contribution < 1.29 is 18.0 Å². The normalized spacial score (nSPS) is 12.1. The van der Waals surface area contributed by atoms with Crippen LogP contribution in [0.15, 0.2) is 12.3 Å². The molecule has 0 amide bonds. The lowest BCUT2D eigenvalue weighted by Crippen LogP contribution is -2.13. The van der Waals surface area contributed by atoms with Crippen molar-refractivity contribution in [2.75, 3.05) is 11.5 Å². The van der Waals surface area contributed by atoms with E-state index in [0.717, 1.165) is 11.9 Å². The minimum absolute atomic E-state index is 0.0273. The molecule has 4 nitrogen and oxygen atoms in total. The summed E-state index contributed by atoms with van der Waals surface area (Å²) < 4.78 is 39.9. The molecule has 0 fully saturated rings. The Morgan fingerprint density at radius 3 is 2.75 bits per heavy atom. The van der Waals surface area contributed by atoms with E-state index in [0.29, 0.717) is 0 Å². The van der Waals surface area contributed by atoms with Gasteiger partial charge < -0.3 is 4.57 Å². The Balaban J connectivity index is 2.56. The second kappa shape index (κ2) is 5.43. The zero-order valence-corrected chi connectivity index (χ0v) is 11.7. The Hall–Kier alpha value is -1.57. The third kappa shape index (κ3) is 2.65. The number of aromatic nitrogens is 3. The number of pyridine rings is 1. The van der Waals surface area contributed by atoms with Crippen molar-refractivity contribution >= 4 is 28.6 Å². The summed E-state index contributed by atoms with van der Waals surface area (Å²) in [5.41, 5.74) is -1.06. The summed E-state index contributed by atoms with van der Waals surface area (Å²) in [7, 11) is 1.40. The fourth-order valence-electron chi connectivity index (χ4n) is 1.88. The molecule has 2 aromatic heterocycles. The largest absolute Gasteiger partial charge is 0.435 e. The smallest absolute Gasteiger partial charge is 0.323 e. The zero-order valence-electron chi connectivity index (χ0n) is 10.9. The zero-order chi connectivity index (χ0) is 14.9. The molecule has 2 aromatic rings. The van der Waals surface area contributed by atoms with Crippen LogP contribution in [0.3, 0.4) is 0 Å². The maximum Gasteiger partial charge on any atom is 0.435 e. The fraction of sp³-hybridized carbons (Fsp3) is 0.417. The predicted octanol–water partition coefficient (Wildman–Crippen LogP) is 2.92. The van der Waals surface area contributed by atoms with Gasteiger partial charge in [-0.1, -0.05) is 6.92 Å². The van der Waals surface area contributed by atoms with Crippen LogP contribution in [0.5, 0.6) is 0 Å². The summed E-state index contributed by atoms with van der Waals surface area (Å²) in [6.45, 7) is 1.90. The van der Waals surface area contributed by atoms with Gasteiger partial charge in [0.05, 0.1) is 16.8 Å². The van der Waals surface area contributed by atoms with Crippen LogP contribution in [0.2, 0.25) is 0 Å². The summed E-state index contributed by atoms with van der Waals surface area (Å²) >= 11 is 1.40. The molecule has 2 rings (SSSR count). The van der Waals surface area contributed by atoms with Gasteiger partial charge in [0.15, 0.2) is 11.5 Å². The minimum Gasteiger partial charge on any atom is -0.323 e. The summed E-state index contributed by atoms with van der Waals surface area (Å²) in [6.07, 6.45) is -3.53. The first-order valence-electron chi connectivity index (χ1n) is 5.85. The topological polar surface area (TPSA) is 47.8 Å². The van der Waals surface area contributed by atoms with E-state index in [1.807, 2.05) is 6.92 Å². The van der Waals surface area contributed by atoms with Crippen LogP contribution in [0, 0.1) is 0 Å². The molecule has 20 heavy (non-hydrogen) atoms. The first-order valence-corrected chi connectivity index (χ1v) is 7.01. The molecule has 0 unspecified atom stereocenters. The molecule has 0 N–H and O–H groups in total. The van der Waals surface area contributed by atoms with Crippen LogP contribution in [0.4, 0.5) is 13.2 Å². The van der Waals surface area contributed by atoms with Gasteiger partial charge in [-0.05, 0) is 11.8 Å². The maximum absolute atomic E-state index is 12.9. The van der Waals surface area contributed by atoms with Gasteiger partial charge in [0.1, 0.15) is 0 Å². The number of ketones is 1. The van der Waals surface area contributed by atoms with Gasteiger partial charge in [-0.2, -0.15) is 24.9 Å². The monoisotopic (exact) mass is 303 g/mol. The summed E-state index contributed by atoms with van der Waals surface area (Å²) in [4.78, 5) is 19.3. The minimum atomic E-state index is -4.58. The first kappa shape index (κ1) is 14.8. The number of imidazole rings is 1. The van der Waals surface area contributed by atoms with Gasteiger partial charge in [0.25, 0.3) is 0 Å². The summed E-state index contributed by atoms with van der Waals surface area (Å²) in [5.74, 6) is 0.691. The van der Waals surface area contributed by atoms with E-state index in [4.69, 9.17) is 0 Å². The first-order chi connectivity index (χ1) is 9.36. The van der Waals surface area contributed by atoms with E-state index in [2.05, 4.69) is 9.97 Å². The molecule has 0 saturated carbocycles. The number of hydrogen-bond acceptors (Lipinski definition) is 4. The van der Waals surface area contributed by atoms with Crippen LogP contribution in [0.25, 0.3) is 11.0 Å².